The lowest BCUT2D eigenvalue weighted by Crippen LogP contribution is -2.25. The van der Waals surface area contributed by atoms with E-state index in [4.69, 9.17) is 13.9 Å². The van der Waals surface area contributed by atoms with E-state index in [9.17, 15) is 4.57 Å². The average Bonchev–Trinajstić information content (AvgIpc) is 3.26. The van der Waals surface area contributed by atoms with Gasteiger partial charge in [0.05, 0.1) is 19.4 Å². The Labute approximate surface area is 146 Å². The summed E-state index contributed by atoms with van der Waals surface area (Å²) >= 11 is 0. The van der Waals surface area contributed by atoms with Crippen molar-refractivity contribution in [1.82, 2.24) is 29.6 Å². The second-order valence-corrected chi connectivity index (χ2v) is 7.84. The predicted octanol–water partition coefficient (Wildman–Crippen LogP) is 2.04. The Balaban J connectivity index is 1.79. The second kappa shape index (κ2) is 7.35. The van der Waals surface area contributed by atoms with Gasteiger partial charge in [-0.1, -0.05) is 5.21 Å². The predicted molar refractivity (Wildman–Crippen MR) is 89.4 cm³/mol. The van der Waals surface area contributed by atoms with Crippen LogP contribution in [0, 0.1) is 0 Å². The van der Waals surface area contributed by atoms with E-state index in [0.717, 1.165) is 0 Å². The fourth-order valence-electron chi connectivity index (χ4n) is 2.82. The van der Waals surface area contributed by atoms with Gasteiger partial charge in [0.2, 0.25) is 0 Å². The van der Waals surface area contributed by atoms with Crippen LogP contribution in [0.4, 0.5) is 0 Å². The van der Waals surface area contributed by atoms with E-state index in [-0.39, 0.29) is 0 Å². The van der Waals surface area contributed by atoms with E-state index < -0.39 is 19.6 Å². The molecule has 2 aromatic heterocycles. The summed E-state index contributed by atoms with van der Waals surface area (Å²) < 4.78 is 27.4. The molecule has 0 bridgehead atoms. The third-order valence-electron chi connectivity index (χ3n) is 3.96. The molecule has 1 fully saturated rings. The molecule has 0 amide bonds. The normalized spacial score (nSPS) is 21.9. The molecule has 0 aromatic carbocycles. The molecule has 11 heteroatoms. The molecule has 10 nitrogen and oxygen atoms in total. The Morgan fingerprint density at radius 1 is 1.32 bits per heavy atom. The zero-order valence-corrected chi connectivity index (χ0v) is 15.7. The molecule has 138 valence electrons. The topological polar surface area (TPSA) is 96.5 Å². The summed E-state index contributed by atoms with van der Waals surface area (Å²) in [5.41, 5.74) is 0.639. The molecule has 0 unspecified atom stereocenters. The molecular formula is C14H23N6O4P. The number of hydrogen-bond donors (Lipinski definition) is 0. The average molecular weight is 370 g/mol. The highest BCUT2D eigenvalue weighted by atomic mass is 31.2. The van der Waals surface area contributed by atoms with Gasteiger partial charge in [0.25, 0.3) is 0 Å². The van der Waals surface area contributed by atoms with Crippen LogP contribution in [-0.4, -0.2) is 55.7 Å². The first kappa shape index (κ1) is 18.2. The first-order chi connectivity index (χ1) is 12.0. The van der Waals surface area contributed by atoms with Crippen molar-refractivity contribution in [2.75, 3.05) is 20.3 Å². The summed E-state index contributed by atoms with van der Waals surface area (Å²) in [6.45, 7) is 4.18. The van der Waals surface area contributed by atoms with Gasteiger partial charge >= 0.3 is 7.60 Å². The highest BCUT2D eigenvalue weighted by molar-refractivity contribution is 7.54. The maximum absolute atomic E-state index is 13.0. The van der Waals surface area contributed by atoms with Gasteiger partial charge in [0.1, 0.15) is 11.5 Å². The van der Waals surface area contributed by atoms with E-state index in [1.807, 2.05) is 17.8 Å². The smallest absolute Gasteiger partial charge is 0.333 e. The number of rotatable bonds is 7. The van der Waals surface area contributed by atoms with Crippen LogP contribution in [0.5, 0.6) is 0 Å². The van der Waals surface area contributed by atoms with Gasteiger partial charge in [0.15, 0.2) is 12.1 Å². The molecule has 25 heavy (non-hydrogen) atoms. The summed E-state index contributed by atoms with van der Waals surface area (Å²) in [7, 11) is 0.294. The minimum atomic E-state index is -3.31. The minimum absolute atomic E-state index is 0.304. The van der Waals surface area contributed by atoms with Crippen LogP contribution < -0.4 is 0 Å². The standard InChI is InChI=1S/C14H23N6O4P/c1-5-22-25(21,23-6-2)13-9-12(24-19(13)4)20-10-11(16-17-20)14-15-7-8-18(14)3/h7-8,10,12-13H,5-6,9H2,1-4H3/t12-,13-/m1/s1. The van der Waals surface area contributed by atoms with Crippen LogP contribution in [0.1, 0.15) is 26.5 Å². The lowest BCUT2D eigenvalue weighted by atomic mass is 10.4. The molecule has 3 heterocycles. The number of hydrogen-bond acceptors (Lipinski definition) is 8. The fourth-order valence-corrected chi connectivity index (χ4v) is 4.85. The Bertz CT molecular complexity index is 752. The van der Waals surface area contributed by atoms with Crippen molar-refractivity contribution in [3.8, 4) is 11.5 Å². The lowest BCUT2D eigenvalue weighted by Gasteiger charge is -2.25. The van der Waals surface area contributed by atoms with E-state index >= 15 is 0 Å². The Hall–Kier alpha value is -1.58. The van der Waals surface area contributed by atoms with Crippen molar-refractivity contribution in [3.63, 3.8) is 0 Å². The van der Waals surface area contributed by atoms with Gasteiger partial charge in [-0.05, 0) is 13.8 Å². The highest BCUT2D eigenvalue weighted by Gasteiger charge is 2.47. The molecular weight excluding hydrogens is 347 g/mol. The van der Waals surface area contributed by atoms with Crippen molar-refractivity contribution in [3.05, 3.63) is 18.6 Å². The molecule has 2 atom stereocenters. The van der Waals surface area contributed by atoms with Gasteiger partial charge in [-0.2, -0.15) is 5.06 Å². The van der Waals surface area contributed by atoms with Gasteiger partial charge in [-0.25, -0.2) is 9.67 Å². The van der Waals surface area contributed by atoms with Crippen molar-refractivity contribution >= 4 is 7.60 Å². The molecule has 0 N–H and O–H groups in total. The quantitative estimate of drug-likeness (QED) is 0.683. The molecule has 0 radical (unpaired) electrons. The van der Waals surface area contributed by atoms with Gasteiger partial charge in [-0.3, -0.25) is 9.40 Å². The van der Waals surface area contributed by atoms with Crippen LogP contribution in [0.15, 0.2) is 18.6 Å². The largest absolute Gasteiger partial charge is 0.350 e. The zero-order valence-electron chi connectivity index (χ0n) is 14.8. The van der Waals surface area contributed by atoms with Crippen LogP contribution in [-0.2, 0) is 25.5 Å². The number of aryl methyl sites for hydroxylation is 1. The van der Waals surface area contributed by atoms with Crippen molar-refractivity contribution in [2.45, 2.75) is 32.3 Å². The molecule has 1 saturated heterocycles. The van der Waals surface area contributed by atoms with Crippen LogP contribution >= 0.6 is 7.60 Å². The zero-order chi connectivity index (χ0) is 18.0. The van der Waals surface area contributed by atoms with Crippen molar-refractivity contribution in [2.24, 2.45) is 7.05 Å². The van der Waals surface area contributed by atoms with E-state index in [1.54, 1.807) is 38.0 Å². The maximum atomic E-state index is 13.0. The van der Waals surface area contributed by atoms with E-state index in [2.05, 4.69) is 15.3 Å². The third kappa shape index (κ3) is 3.54. The van der Waals surface area contributed by atoms with Crippen LogP contribution in [0.2, 0.25) is 0 Å². The van der Waals surface area contributed by atoms with Gasteiger partial charge in [0, 0.05) is 32.9 Å². The third-order valence-corrected chi connectivity index (χ3v) is 6.46. The number of hydroxylamine groups is 2. The SMILES string of the molecule is CCOP(=O)(OCC)[C@@H]1C[C@H](n2cc(-c3nccn3C)nn2)ON1C. The number of aromatic nitrogens is 5. The van der Waals surface area contributed by atoms with E-state index in [0.29, 0.717) is 31.2 Å². The van der Waals surface area contributed by atoms with Crippen molar-refractivity contribution in [1.29, 1.82) is 0 Å². The van der Waals surface area contributed by atoms with E-state index in [1.165, 1.54) is 5.06 Å². The molecule has 3 rings (SSSR count). The van der Waals surface area contributed by atoms with Gasteiger partial charge in [-0.15, -0.1) is 5.10 Å². The van der Waals surface area contributed by atoms with Crippen LogP contribution in [0.25, 0.3) is 11.5 Å². The monoisotopic (exact) mass is 370 g/mol. The summed E-state index contributed by atoms with van der Waals surface area (Å²) in [6.07, 6.45) is 5.27. The molecule has 0 saturated carbocycles. The molecule has 0 spiro atoms. The molecule has 2 aromatic rings. The number of nitrogens with zero attached hydrogens (tertiary/aromatic N) is 6. The Morgan fingerprint density at radius 3 is 2.64 bits per heavy atom. The molecule has 0 aliphatic carbocycles. The van der Waals surface area contributed by atoms with Crippen LogP contribution in [0.3, 0.4) is 0 Å². The second-order valence-electron chi connectivity index (χ2n) is 5.64. The maximum Gasteiger partial charge on any atom is 0.350 e. The summed E-state index contributed by atoms with van der Waals surface area (Å²) in [4.78, 5) is 10.0. The first-order valence-corrected chi connectivity index (χ1v) is 9.77. The summed E-state index contributed by atoms with van der Waals surface area (Å²) in [5, 5.41) is 9.80. The highest BCUT2D eigenvalue weighted by Crippen LogP contribution is 2.58. The minimum Gasteiger partial charge on any atom is -0.333 e. The Morgan fingerprint density at radius 2 is 2.04 bits per heavy atom. The summed E-state index contributed by atoms with van der Waals surface area (Å²) in [5.74, 6) is 0.210. The molecule has 1 aliphatic rings. The molecule has 1 aliphatic heterocycles. The Kier molecular flexibility index (Phi) is 5.35. The fraction of sp³-hybridized carbons (Fsp3) is 0.643. The first-order valence-electron chi connectivity index (χ1n) is 8.16. The van der Waals surface area contributed by atoms with Gasteiger partial charge < -0.3 is 13.6 Å². The summed E-state index contributed by atoms with van der Waals surface area (Å²) in [6, 6.07) is 0. The van der Waals surface area contributed by atoms with Crippen molar-refractivity contribution < 1.29 is 18.5 Å². The number of imidazole rings is 1. The lowest BCUT2D eigenvalue weighted by molar-refractivity contribution is -0.162.